The maximum atomic E-state index is 12.0. The molecule has 4 heteroatoms. The van der Waals surface area contributed by atoms with E-state index in [4.69, 9.17) is 5.26 Å². The van der Waals surface area contributed by atoms with Gasteiger partial charge in [0.2, 0.25) is 0 Å². The number of halogens is 1. The lowest BCUT2D eigenvalue weighted by molar-refractivity contribution is -0.117. The molecule has 0 spiro atoms. The summed E-state index contributed by atoms with van der Waals surface area (Å²) in [4.78, 5) is 12.0. The number of carbonyl (C=O) groups excluding carboxylic acids is 1. The molecule has 0 heterocycles. The highest BCUT2D eigenvalue weighted by Crippen LogP contribution is 2.13. The number of benzene rings is 2. The molecule has 0 aliphatic carbocycles. The molecule has 22 heavy (non-hydrogen) atoms. The summed E-state index contributed by atoms with van der Waals surface area (Å²) >= 11 is 3.35. The standard InChI is InChI=1S/C18H15BrN2O/c19-17-8-6-15(7-9-17)12-16(13-20)18(22)21-11-10-14-4-2-1-3-5-14/h1-9,12H,10-11H2,(H,21,22)/b16-12+. The molecule has 0 atom stereocenters. The van der Waals surface area contributed by atoms with Crippen molar-refractivity contribution in [2.75, 3.05) is 6.54 Å². The molecular formula is C18H15BrN2O. The van der Waals surface area contributed by atoms with E-state index in [1.54, 1.807) is 6.08 Å². The van der Waals surface area contributed by atoms with Gasteiger partial charge in [0.15, 0.2) is 0 Å². The van der Waals surface area contributed by atoms with Crippen LogP contribution < -0.4 is 5.32 Å². The zero-order valence-electron chi connectivity index (χ0n) is 11.9. The van der Waals surface area contributed by atoms with Gasteiger partial charge in [0.1, 0.15) is 11.6 Å². The number of nitriles is 1. The van der Waals surface area contributed by atoms with Crippen LogP contribution >= 0.6 is 15.9 Å². The molecule has 2 aromatic rings. The van der Waals surface area contributed by atoms with E-state index in [-0.39, 0.29) is 11.5 Å². The average Bonchev–Trinajstić information content (AvgIpc) is 2.55. The van der Waals surface area contributed by atoms with Crippen molar-refractivity contribution < 1.29 is 4.79 Å². The van der Waals surface area contributed by atoms with Gasteiger partial charge in [-0.25, -0.2) is 0 Å². The molecule has 3 nitrogen and oxygen atoms in total. The van der Waals surface area contributed by atoms with Crippen LogP contribution in [0.1, 0.15) is 11.1 Å². The SMILES string of the molecule is N#C/C(=C\c1ccc(Br)cc1)C(=O)NCCc1ccccc1. The molecule has 0 radical (unpaired) electrons. The normalized spacial score (nSPS) is 10.8. The van der Waals surface area contributed by atoms with E-state index in [0.29, 0.717) is 6.54 Å². The minimum atomic E-state index is -0.346. The average molecular weight is 355 g/mol. The molecule has 0 aliphatic heterocycles. The topological polar surface area (TPSA) is 52.9 Å². The number of rotatable bonds is 5. The summed E-state index contributed by atoms with van der Waals surface area (Å²) in [5.41, 5.74) is 2.08. The Morgan fingerprint density at radius 3 is 2.45 bits per heavy atom. The molecule has 0 fully saturated rings. The molecule has 0 bridgehead atoms. The predicted octanol–water partition coefficient (Wildman–Crippen LogP) is 3.71. The Hall–Kier alpha value is -2.38. The van der Waals surface area contributed by atoms with Crippen molar-refractivity contribution >= 4 is 27.9 Å². The van der Waals surface area contributed by atoms with Gasteiger partial charge in [-0.05, 0) is 35.8 Å². The van der Waals surface area contributed by atoms with E-state index >= 15 is 0 Å². The van der Waals surface area contributed by atoms with Crippen LogP contribution in [0.25, 0.3) is 6.08 Å². The van der Waals surface area contributed by atoms with Crippen molar-refractivity contribution in [1.29, 1.82) is 5.26 Å². The molecule has 110 valence electrons. The van der Waals surface area contributed by atoms with Gasteiger partial charge in [-0.3, -0.25) is 4.79 Å². The summed E-state index contributed by atoms with van der Waals surface area (Å²) in [6.07, 6.45) is 2.33. The maximum Gasteiger partial charge on any atom is 0.261 e. The zero-order chi connectivity index (χ0) is 15.8. The second kappa shape index (κ2) is 8.16. The second-order valence-electron chi connectivity index (χ2n) is 4.71. The first-order chi connectivity index (χ1) is 10.7. The molecule has 0 aliphatic rings. The first-order valence-corrected chi connectivity index (χ1v) is 7.68. The Labute approximate surface area is 138 Å². The van der Waals surface area contributed by atoms with Gasteiger partial charge in [-0.15, -0.1) is 0 Å². The van der Waals surface area contributed by atoms with Crippen LogP contribution in [0.5, 0.6) is 0 Å². The number of nitrogens with one attached hydrogen (secondary N) is 1. The summed E-state index contributed by atoms with van der Waals surface area (Å²) in [6, 6.07) is 19.3. The molecule has 1 N–H and O–H groups in total. The minimum Gasteiger partial charge on any atom is -0.351 e. The van der Waals surface area contributed by atoms with E-state index in [0.717, 1.165) is 22.0 Å². The van der Waals surface area contributed by atoms with Crippen LogP contribution in [-0.2, 0) is 11.2 Å². The van der Waals surface area contributed by atoms with Crippen LogP contribution in [0.15, 0.2) is 64.6 Å². The van der Waals surface area contributed by atoms with Crippen molar-refractivity contribution in [3.63, 3.8) is 0 Å². The Kier molecular flexibility index (Phi) is 5.93. The number of hydrogen-bond acceptors (Lipinski definition) is 2. The highest BCUT2D eigenvalue weighted by molar-refractivity contribution is 9.10. The van der Waals surface area contributed by atoms with Crippen molar-refractivity contribution in [3.8, 4) is 6.07 Å². The van der Waals surface area contributed by atoms with Gasteiger partial charge in [-0.1, -0.05) is 58.4 Å². The number of amides is 1. The fraction of sp³-hybridized carbons (Fsp3) is 0.111. The lowest BCUT2D eigenvalue weighted by Gasteiger charge is -2.04. The lowest BCUT2D eigenvalue weighted by atomic mass is 10.1. The number of hydrogen-bond donors (Lipinski definition) is 1. The second-order valence-corrected chi connectivity index (χ2v) is 5.63. The fourth-order valence-corrected chi connectivity index (χ4v) is 2.20. The largest absolute Gasteiger partial charge is 0.351 e. The molecule has 2 aromatic carbocycles. The van der Waals surface area contributed by atoms with Crippen molar-refractivity contribution in [1.82, 2.24) is 5.32 Å². The number of nitrogens with zero attached hydrogens (tertiary/aromatic N) is 1. The van der Waals surface area contributed by atoms with Crippen molar-refractivity contribution in [2.24, 2.45) is 0 Å². The van der Waals surface area contributed by atoms with Gasteiger partial charge in [0, 0.05) is 11.0 Å². The third-order valence-electron chi connectivity index (χ3n) is 3.09. The molecule has 0 saturated heterocycles. The highest BCUT2D eigenvalue weighted by atomic mass is 79.9. The van der Waals surface area contributed by atoms with Gasteiger partial charge in [-0.2, -0.15) is 5.26 Å². The zero-order valence-corrected chi connectivity index (χ0v) is 13.5. The first kappa shape index (κ1) is 16.0. The van der Waals surface area contributed by atoms with Crippen LogP contribution in [0.3, 0.4) is 0 Å². The molecule has 0 saturated carbocycles. The van der Waals surface area contributed by atoms with Crippen LogP contribution in [0.2, 0.25) is 0 Å². The minimum absolute atomic E-state index is 0.107. The summed E-state index contributed by atoms with van der Waals surface area (Å²) < 4.78 is 0.954. The summed E-state index contributed by atoms with van der Waals surface area (Å²) in [7, 11) is 0. The quantitative estimate of drug-likeness (QED) is 0.657. The molecular weight excluding hydrogens is 340 g/mol. The van der Waals surface area contributed by atoms with Crippen LogP contribution in [-0.4, -0.2) is 12.5 Å². The Morgan fingerprint density at radius 2 is 1.82 bits per heavy atom. The monoisotopic (exact) mass is 354 g/mol. The smallest absolute Gasteiger partial charge is 0.261 e. The Bertz CT molecular complexity index is 700. The van der Waals surface area contributed by atoms with Crippen molar-refractivity contribution in [3.05, 3.63) is 75.8 Å². The maximum absolute atomic E-state index is 12.0. The number of carbonyl (C=O) groups is 1. The fourth-order valence-electron chi connectivity index (χ4n) is 1.93. The van der Waals surface area contributed by atoms with E-state index in [9.17, 15) is 4.79 Å². The molecule has 1 amide bonds. The summed E-state index contributed by atoms with van der Waals surface area (Å²) in [5.74, 6) is -0.346. The Morgan fingerprint density at radius 1 is 1.14 bits per heavy atom. The van der Waals surface area contributed by atoms with Gasteiger partial charge < -0.3 is 5.32 Å². The van der Waals surface area contributed by atoms with Crippen LogP contribution in [0, 0.1) is 11.3 Å². The van der Waals surface area contributed by atoms with Gasteiger partial charge in [0.25, 0.3) is 5.91 Å². The van der Waals surface area contributed by atoms with E-state index in [1.165, 1.54) is 0 Å². The highest BCUT2D eigenvalue weighted by Gasteiger charge is 2.08. The summed E-state index contributed by atoms with van der Waals surface area (Å²) in [6.45, 7) is 0.502. The molecule has 2 rings (SSSR count). The Balaban J connectivity index is 1.94. The van der Waals surface area contributed by atoms with E-state index in [1.807, 2.05) is 60.7 Å². The molecule has 0 unspecified atom stereocenters. The van der Waals surface area contributed by atoms with Crippen LogP contribution in [0.4, 0.5) is 0 Å². The summed E-state index contributed by atoms with van der Waals surface area (Å²) in [5, 5.41) is 11.9. The van der Waals surface area contributed by atoms with Gasteiger partial charge >= 0.3 is 0 Å². The predicted molar refractivity (Wildman–Crippen MR) is 90.9 cm³/mol. The third-order valence-corrected chi connectivity index (χ3v) is 3.62. The third kappa shape index (κ3) is 4.87. The van der Waals surface area contributed by atoms with E-state index in [2.05, 4.69) is 21.2 Å². The van der Waals surface area contributed by atoms with Crippen molar-refractivity contribution in [2.45, 2.75) is 6.42 Å². The first-order valence-electron chi connectivity index (χ1n) is 6.88. The van der Waals surface area contributed by atoms with Gasteiger partial charge in [0.05, 0.1) is 0 Å². The molecule has 0 aromatic heterocycles. The lowest BCUT2D eigenvalue weighted by Crippen LogP contribution is -2.26. The van der Waals surface area contributed by atoms with E-state index < -0.39 is 0 Å².